The van der Waals surface area contributed by atoms with E-state index >= 15 is 0 Å². The average Bonchev–Trinajstić information content (AvgIpc) is 3.17. The molecule has 0 bridgehead atoms. The van der Waals surface area contributed by atoms with Crippen LogP contribution in [0, 0.1) is 0 Å². The number of nitrogens with zero attached hydrogens (tertiary/aromatic N) is 3. The van der Waals surface area contributed by atoms with E-state index in [-0.39, 0.29) is 23.4 Å². The Morgan fingerprint density at radius 3 is 2.63 bits per heavy atom. The van der Waals surface area contributed by atoms with Gasteiger partial charge in [-0.25, -0.2) is 9.78 Å². The molecule has 27 heavy (non-hydrogen) atoms. The summed E-state index contributed by atoms with van der Waals surface area (Å²) < 4.78 is 4.69. The number of rotatable bonds is 6. The van der Waals surface area contributed by atoms with E-state index in [1.54, 1.807) is 17.1 Å². The van der Waals surface area contributed by atoms with Crippen LogP contribution in [-0.2, 0) is 19.2 Å². The van der Waals surface area contributed by atoms with Crippen molar-refractivity contribution < 1.29 is 19.2 Å². The molecule has 1 aliphatic heterocycles. The molecule has 1 aliphatic rings. The smallest absolute Gasteiger partial charge is 0.362 e. The van der Waals surface area contributed by atoms with E-state index in [2.05, 4.69) is 15.0 Å². The summed E-state index contributed by atoms with van der Waals surface area (Å²) in [5, 5.41) is 5.05. The lowest BCUT2D eigenvalue weighted by molar-refractivity contribution is -0.132. The maximum Gasteiger partial charge on any atom is 0.362 e. The summed E-state index contributed by atoms with van der Waals surface area (Å²) in [4.78, 5) is 35.9. The molecule has 2 heterocycles. The first-order valence-electron chi connectivity index (χ1n) is 7.78. The molecule has 10 heteroatoms. The summed E-state index contributed by atoms with van der Waals surface area (Å²) in [6, 6.07) is 7.55. The van der Waals surface area contributed by atoms with E-state index in [9.17, 15) is 9.59 Å². The summed E-state index contributed by atoms with van der Waals surface area (Å²) in [6.07, 6.45) is 2.00. The molecule has 0 N–H and O–H groups in total. The predicted octanol–water partition coefficient (Wildman–Crippen LogP) is 3.08. The van der Waals surface area contributed by atoms with Gasteiger partial charge in [-0.2, -0.15) is 0 Å². The normalized spacial score (nSPS) is 19.6. The zero-order valence-corrected chi connectivity index (χ0v) is 17.1. The molecule has 0 saturated carbocycles. The molecular weight excluding hydrogens is 410 g/mol. The Morgan fingerprint density at radius 2 is 2.04 bits per heavy atom. The number of amides is 1. The van der Waals surface area contributed by atoms with Gasteiger partial charge in [-0.1, -0.05) is 17.3 Å². The molecule has 142 valence electrons. The Hall–Kier alpha value is -2.10. The van der Waals surface area contributed by atoms with Crippen molar-refractivity contribution in [3.8, 4) is 0 Å². The Kier molecular flexibility index (Phi) is 6.03. The summed E-state index contributed by atoms with van der Waals surface area (Å²) in [5.41, 5.74) is 1.12. The molecule has 2 atom stereocenters. The number of ether oxygens (including phenoxy) is 1. The molecule has 2 aromatic rings. The number of hydrogen-bond donors (Lipinski definition) is 0. The monoisotopic (exact) mass is 425 g/mol. The van der Waals surface area contributed by atoms with Crippen LogP contribution in [0.2, 0.25) is 0 Å². The number of methoxy groups -OCH3 is 1. The molecular formula is C17H16ClN3O4S2. The third-order valence-electron chi connectivity index (χ3n) is 3.99. The Labute approximate surface area is 169 Å². The molecule has 1 aromatic heterocycles. The number of carbonyl (C=O) groups is 2. The van der Waals surface area contributed by atoms with Gasteiger partial charge in [0.1, 0.15) is 18.2 Å². The second kappa shape index (κ2) is 8.28. The van der Waals surface area contributed by atoms with Gasteiger partial charge in [-0.15, -0.1) is 34.7 Å². The van der Waals surface area contributed by atoms with Crippen molar-refractivity contribution in [2.45, 2.75) is 16.3 Å². The van der Waals surface area contributed by atoms with Gasteiger partial charge in [-0.3, -0.25) is 9.69 Å². The second-order valence-electron chi connectivity index (χ2n) is 5.46. The minimum Gasteiger partial charge on any atom is -0.464 e. The highest BCUT2D eigenvalue weighted by molar-refractivity contribution is 7.98. The maximum atomic E-state index is 12.4. The first-order valence-corrected chi connectivity index (χ1v) is 10.3. The fourth-order valence-corrected chi connectivity index (χ4v) is 4.27. The van der Waals surface area contributed by atoms with Crippen molar-refractivity contribution >= 4 is 57.4 Å². The van der Waals surface area contributed by atoms with Crippen LogP contribution < -0.4 is 4.90 Å². The molecule has 1 fully saturated rings. The molecule has 1 amide bonds. The van der Waals surface area contributed by atoms with E-state index < -0.39 is 11.3 Å². The van der Waals surface area contributed by atoms with Crippen LogP contribution in [0.4, 0.5) is 5.13 Å². The number of alkyl halides is 1. The number of aromatic nitrogens is 1. The van der Waals surface area contributed by atoms with Crippen LogP contribution in [0.5, 0.6) is 0 Å². The molecule has 0 spiro atoms. The van der Waals surface area contributed by atoms with E-state index in [0.717, 1.165) is 10.5 Å². The molecule has 1 aromatic carbocycles. The zero-order chi connectivity index (χ0) is 19.6. The van der Waals surface area contributed by atoms with Gasteiger partial charge < -0.3 is 9.57 Å². The van der Waals surface area contributed by atoms with Crippen LogP contribution in [0.3, 0.4) is 0 Å². The minimum atomic E-state index is -0.678. The van der Waals surface area contributed by atoms with Gasteiger partial charge >= 0.3 is 5.97 Å². The van der Waals surface area contributed by atoms with Gasteiger partial charge in [0.2, 0.25) is 11.6 Å². The summed E-state index contributed by atoms with van der Waals surface area (Å²) in [5.74, 6) is -0.914. The fraction of sp³-hybridized carbons (Fsp3) is 0.294. The highest BCUT2D eigenvalue weighted by atomic mass is 35.5. The molecule has 0 aliphatic carbocycles. The zero-order valence-electron chi connectivity index (χ0n) is 14.7. The lowest BCUT2D eigenvalue weighted by Gasteiger charge is -2.42. The summed E-state index contributed by atoms with van der Waals surface area (Å²) in [7, 11) is 2.56. The molecule has 7 nitrogen and oxygen atoms in total. The quantitative estimate of drug-likeness (QED) is 0.177. The summed E-state index contributed by atoms with van der Waals surface area (Å²) >= 11 is 9.12. The first kappa shape index (κ1) is 19.7. The van der Waals surface area contributed by atoms with Crippen molar-refractivity contribution in [1.82, 2.24) is 4.98 Å². The van der Waals surface area contributed by atoms with Crippen LogP contribution in [0.25, 0.3) is 0 Å². The lowest BCUT2D eigenvalue weighted by atomic mass is 9.94. The standard InChI is InChI=1S/C17H16ClN3O4S2/c1-24-16(23)13(20-25-2)11-8-27-17(19-11)21-14(12(18)15(21)22)9-4-6-10(26-3)7-5-9/h4-8,12,14H,1-3H3/b20-13-. The van der Waals surface area contributed by atoms with Crippen LogP contribution in [0.15, 0.2) is 39.7 Å². The molecule has 2 unspecified atom stereocenters. The number of carbonyl (C=O) groups excluding carboxylic acids is 2. The van der Waals surface area contributed by atoms with Crippen molar-refractivity contribution in [3.05, 3.63) is 40.9 Å². The number of β-lactam (4-membered cyclic amide) rings is 1. The van der Waals surface area contributed by atoms with Crippen LogP contribution in [-0.4, -0.2) is 48.4 Å². The minimum absolute atomic E-state index is 0.0706. The van der Waals surface area contributed by atoms with Gasteiger partial charge in [0, 0.05) is 10.3 Å². The lowest BCUT2D eigenvalue weighted by Crippen LogP contribution is -2.56. The van der Waals surface area contributed by atoms with Crippen molar-refractivity contribution in [2.75, 3.05) is 25.4 Å². The number of esters is 1. The number of anilines is 1. The summed E-state index contributed by atoms with van der Waals surface area (Å²) in [6.45, 7) is 0. The number of thiazole rings is 1. The van der Waals surface area contributed by atoms with Gasteiger partial charge in [-0.05, 0) is 24.0 Å². The maximum absolute atomic E-state index is 12.4. The fourth-order valence-electron chi connectivity index (χ4n) is 2.65. The van der Waals surface area contributed by atoms with Crippen molar-refractivity contribution in [2.24, 2.45) is 5.16 Å². The molecule has 0 radical (unpaired) electrons. The van der Waals surface area contributed by atoms with Gasteiger partial charge in [0.05, 0.1) is 13.2 Å². The van der Waals surface area contributed by atoms with E-state index in [1.807, 2.05) is 30.5 Å². The Morgan fingerprint density at radius 1 is 1.33 bits per heavy atom. The van der Waals surface area contributed by atoms with Gasteiger partial charge in [0.25, 0.3) is 0 Å². The number of halogens is 1. The predicted molar refractivity (Wildman–Crippen MR) is 106 cm³/mol. The Balaban J connectivity index is 1.90. The third-order valence-corrected chi connectivity index (χ3v) is 6.00. The van der Waals surface area contributed by atoms with E-state index in [1.165, 1.54) is 30.5 Å². The van der Waals surface area contributed by atoms with Crippen molar-refractivity contribution in [1.29, 1.82) is 0 Å². The number of hydrogen-bond acceptors (Lipinski definition) is 8. The van der Waals surface area contributed by atoms with E-state index in [4.69, 9.17) is 16.3 Å². The van der Waals surface area contributed by atoms with Crippen LogP contribution >= 0.6 is 34.7 Å². The molecule has 1 saturated heterocycles. The van der Waals surface area contributed by atoms with E-state index in [0.29, 0.717) is 5.13 Å². The third kappa shape index (κ3) is 3.67. The number of oxime groups is 1. The second-order valence-corrected chi connectivity index (χ2v) is 7.64. The van der Waals surface area contributed by atoms with Crippen molar-refractivity contribution in [3.63, 3.8) is 0 Å². The first-order chi connectivity index (χ1) is 13.0. The largest absolute Gasteiger partial charge is 0.464 e. The van der Waals surface area contributed by atoms with Gasteiger partial charge in [0.15, 0.2) is 5.13 Å². The highest BCUT2D eigenvalue weighted by Gasteiger charge is 2.49. The SMILES string of the molecule is CO/N=C(\C(=O)OC)c1csc(N2C(=O)C(Cl)C2c2ccc(SC)cc2)n1. The number of thioether (sulfide) groups is 1. The average molecular weight is 426 g/mol. The highest BCUT2D eigenvalue weighted by Crippen LogP contribution is 2.43. The van der Waals surface area contributed by atoms with Crippen LogP contribution in [0.1, 0.15) is 17.3 Å². The topological polar surface area (TPSA) is 81.1 Å². The Bertz CT molecular complexity index is 885. The number of benzene rings is 1. The molecule has 3 rings (SSSR count).